The number of morpholine rings is 1. The van der Waals surface area contributed by atoms with Gasteiger partial charge in [-0.3, -0.25) is 14.3 Å². The summed E-state index contributed by atoms with van der Waals surface area (Å²) in [7, 11) is 2.00. The fourth-order valence-corrected chi connectivity index (χ4v) is 3.56. The fourth-order valence-electron chi connectivity index (χ4n) is 3.56. The lowest BCUT2D eigenvalue weighted by molar-refractivity contribution is -0.137. The zero-order valence-corrected chi connectivity index (χ0v) is 13.0. The largest absolute Gasteiger partial charge is 0.416 e. The molecule has 2 aromatic rings. The molecule has 0 N–H and O–H groups in total. The number of fused-ring (bicyclic) bond motifs is 4. The van der Waals surface area contributed by atoms with Gasteiger partial charge in [0, 0.05) is 19.1 Å². The van der Waals surface area contributed by atoms with Crippen LogP contribution in [0.5, 0.6) is 0 Å². The number of hydrogen-bond acceptors (Lipinski definition) is 4. The second-order valence-corrected chi connectivity index (χ2v) is 6.28. The Kier molecular flexibility index (Phi) is 3.43. The summed E-state index contributed by atoms with van der Waals surface area (Å²) in [5, 5.41) is -0.00353. The highest BCUT2D eigenvalue weighted by Gasteiger charge is 2.38. The summed E-state index contributed by atoms with van der Waals surface area (Å²) in [4.78, 5) is 19.3. The van der Waals surface area contributed by atoms with E-state index in [0.29, 0.717) is 25.4 Å². The average Bonchev–Trinajstić information content (AvgIpc) is 2.54. The molecule has 2 atom stereocenters. The van der Waals surface area contributed by atoms with E-state index in [1.165, 1.54) is 10.6 Å². The average molecular weight is 339 g/mol. The molecule has 0 spiro atoms. The number of alkyl halides is 3. The van der Waals surface area contributed by atoms with Crippen LogP contribution in [-0.4, -0.2) is 40.7 Å². The molecule has 8 heteroatoms. The van der Waals surface area contributed by atoms with Crippen LogP contribution in [0.3, 0.4) is 0 Å². The lowest BCUT2D eigenvalue weighted by Crippen LogP contribution is -2.50. The van der Waals surface area contributed by atoms with E-state index < -0.39 is 17.3 Å². The molecule has 0 amide bonds. The summed E-state index contributed by atoms with van der Waals surface area (Å²) in [5.74, 6) is 0.509. The minimum atomic E-state index is -4.48. The predicted octanol–water partition coefficient (Wildman–Crippen LogP) is 2.19. The SMILES string of the molecule is CN1CCO[C@H]2c3nc4ccc(C(F)(F)F)cc4c(=O)n3CC[C@H]21. The van der Waals surface area contributed by atoms with E-state index in [1.54, 1.807) is 0 Å². The molecule has 4 rings (SSSR count). The van der Waals surface area contributed by atoms with Crippen LogP contribution in [0.2, 0.25) is 0 Å². The zero-order chi connectivity index (χ0) is 17.1. The van der Waals surface area contributed by atoms with Crippen LogP contribution in [0, 0.1) is 0 Å². The molecule has 0 bridgehead atoms. The fraction of sp³-hybridized carbons (Fsp3) is 0.500. The quantitative estimate of drug-likeness (QED) is 0.738. The van der Waals surface area contributed by atoms with Crippen LogP contribution < -0.4 is 5.56 Å². The highest BCUT2D eigenvalue weighted by molar-refractivity contribution is 5.78. The standard InChI is InChI=1S/C16H16F3N3O2/c1-21-6-7-24-13-12(21)4-5-22-14(13)20-11-3-2-9(16(17,18)19)8-10(11)15(22)23/h2-3,8,12-13H,4-7H2,1H3/t12-,13-/m1/s1. The number of ether oxygens (including phenoxy) is 1. The Balaban J connectivity index is 1.89. The summed E-state index contributed by atoms with van der Waals surface area (Å²) in [6.45, 7) is 1.79. The van der Waals surface area contributed by atoms with E-state index in [1.807, 2.05) is 7.05 Å². The number of aromatic nitrogens is 2. The zero-order valence-electron chi connectivity index (χ0n) is 13.0. The molecule has 0 radical (unpaired) electrons. The van der Waals surface area contributed by atoms with Crippen molar-refractivity contribution >= 4 is 10.9 Å². The number of nitrogens with zero attached hydrogens (tertiary/aromatic N) is 3. The first-order chi connectivity index (χ1) is 11.4. The van der Waals surface area contributed by atoms with Gasteiger partial charge in [0.25, 0.3) is 5.56 Å². The molecule has 0 unspecified atom stereocenters. The minimum absolute atomic E-state index is 0.00353. The molecule has 0 saturated carbocycles. The third-order valence-corrected chi connectivity index (χ3v) is 4.87. The Morgan fingerprint density at radius 3 is 2.83 bits per heavy atom. The normalized spacial score (nSPS) is 24.7. The van der Waals surface area contributed by atoms with Crippen molar-refractivity contribution in [2.45, 2.75) is 31.3 Å². The lowest BCUT2D eigenvalue weighted by Gasteiger charge is -2.42. The van der Waals surface area contributed by atoms with Gasteiger partial charge in [-0.1, -0.05) is 0 Å². The summed E-state index contributed by atoms with van der Waals surface area (Å²) >= 11 is 0. The summed E-state index contributed by atoms with van der Waals surface area (Å²) in [6.07, 6.45) is -4.10. The van der Waals surface area contributed by atoms with Crippen LogP contribution >= 0.6 is 0 Å². The Morgan fingerprint density at radius 1 is 1.29 bits per heavy atom. The molecule has 1 saturated heterocycles. The Hall–Kier alpha value is -1.93. The summed E-state index contributed by atoms with van der Waals surface area (Å²) in [5.41, 5.74) is -0.995. The first-order valence-corrected chi connectivity index (χ1v) is 7.80. The second-order valence-electron chi connectivity index (χ2n) is 6.28. The number of likely N-dealkylation sites (N-methyl/N-ethyl adjacent to an activating group) is 1. The predicted molar refractivity (Wildman–Crippen MR) is 80.7 cm³/mol. The van der Waals surface area contributed by atoms with Crippen molar-refractivity contribution < 1.29 is 17.9 Å². The first kappa shape index (κ1) is 15.6. The summed E-state index contributed by atoms with van der Waals surface area (Å²) < 4.78 is 46.0. The van der Waals surface area contributed by atoms with Gasteiger partial charge < -0.3 is 4.74 Å². The highest BCUT2D eigenvalue weighted by Crippen LogP contribution is 2.34. The molecule has 24 heavy (non-hydrogen) atoms. The van der Waals surface area contributed by atoms with E-state index in [9.17, 15) is 18.0 Å². The molecule has 5 nitrogen and oxygen atoms in total. The van der Waals surface area contributed by atoms with E-state index in [0.717, 1.165) is 18.7 Å². The molecular formula is C16H16F3N3O2. The van der Waals surface area contributed by atoms with E-state index in [-0.39, 0.29) is 23.0 Å². The Bertz CT molecular complexity index is 862. The van der Waals surface area contributed by atoms with Gasteiger partial charge in [-0.2, -0.15) is 13.2 Å². The van der Waals surface area contributed by atoms with Crippen LogP contribution in [-0.2, 0) is 17.5 Å². The van der Waals surface area contributed by atoms with Crippen molar-refractivity contribution in [3.63, 3.8) is 0 Å². The van der Waals surface area contributed by atoms with Crippen molar-refractivity contribution in [3.05, 3.63) is 39.9 Å². The molecular weight excluding hydrogens is 323 g/mol. The molecule has 128 valence electrons. The Morgan fingerprint density at radius 2 is 2.08 bits per heavy atom. The maximum absolute atomic E-state index is 12.9. The third kappa shape index (κ3) is 2.32. The van der Waals surface area contributed by atoms with Crippen molar-refractivity contribution in [1.29, 1.82) is 0 Å². The van der Waals surface area contributed by atoms with Gasteiger partial charge in [0.15, 0.2) is 0 Å². The third-order valence-electron chi connectivity index (χ3n) is 4.87. The van der Waals surface area contributed by atoms with Crippen molar-refractivity contribution in [2.75, 3.05) is 20.2 Å². The van der Waals surface area contributed by atoms with Crippen LogP contribution in [0.1, 0.15) is 23.9 Å². The molecule has 1 aromatic carbocycles. The van der Waals surface area contributed by atoms with Gasteiger partial charge in [0.2, 0.25) is 0 Å². The van der Waals surface area contributed by atoms with E-state index in [2.05, 4.69) is 9.88 Å². The maximum atomic E-state index is 12.9. The second kappa shape index (κ2) is 5.29. The monoisotopic (exact) mass is 339 g/mol. The molecule has 3 heterocycles. The van der Waals surface area contributed by atoms with Crippen LogP contribution in [0.15, 0.2) is 23.0 Å². The van der Waals surface area contributed by atoms with Crippen LogP contribution in [0.25, 0.3) is 10.9 Å². The molecule has 1 fully saturated rings. The number of benzene rings is 1. The van der Waals surface area contributed by atoms with Gasteiger partial charge >= 0.3 is 6.18 Å². The summed E-state index contributed by atoms with van der Waals surface area (Å²) in [6, 6.07) is 3.24. The smallest absolute Gasteiger partial charge is 0.367 e. The van der Waals surface area contributed by atoms with Crippen molar-refractivity contribution in [1.82, 2.24) is 14.5 Å². The number of hydrogen-bond donors (Lipinski definition) is 0. The molecule has 0 aliphatic carbocycles. The van der Waals surface area contributed by atoms with Gasteiger partial charge in [-0.25, -0.2) is 4.98 Å². The lowest BCUT2D eigenvalue weighted by atomic mass is 9.99. The van der Waals surface area contributed by atoms with E-state index >= 15 is 0 Å². The maximum Gasteiger partial charge on any atom is 0.416 e. The van der Waals surface area contributed by atoms with Crippen LogP contribution in [0.4, 0.5) is 13.2 Å². The van der Waals surface area contributed by atoms with Crippen molar-refractivity contribution in [2.24, 2.45) is 0 Å². The van der Waals surface area contributed by atoms with Gasteiger partial charge in [-0.05, 0) is 31.7 Å². The molecule has 2 aliphatic heterocycles. The number of halogens is 3. The number of rotatable bonds is 0. The highest BCUT2D eigenvalue weighted by atomic mass is 19.4. The first-order valence-electron chi connectivity index (χ1n) is 7.80. The van der Waals surface area contributed by atoms with Gasteiger partial charge in [-0.15, -0.1) is 0 Å². The minimum Gasteiger partial charge on any atom is -0.367 e. The van der Waals surface area contributed by atoms with Gasteiger partial charge in [0.1, 0.15) is 11.9 Å². The van der Waals surface area contributed by atoms with Gasteiger partial charge in [0.05, 0.1) is 23.1 Å². The molecule has 1 aromatic heterocycles. The van der Waals surface area contributed by atoms with E-state index in [4.69, 9.17) is 4.74 Å². The molecule has 2 aliphatic rings. The van der Waals surface area contributed by atoms with Crippen molar-refractivity contribution in [3.8, 4) is 0 Å². The Labute approximate surface area is 135 Å². The topological polar surface area (TPSA) is 47.4 Å².